The Labute approximate surface area is 175 Å². The van der Waals surface area contributed by atoms with Gasteiger partial charge in [0.25, 0.3) is 0 Å². The molecule has 8 heteroatoms. The van der Waals surface area contributed by atoms with Crippen molar-refractivity contribution >= 4 is 27.6 Å². The summed E-state index contributed by atoms with van der Waals surface area (Å²) in [6, 6.07) is 12.8. The largest absolute Gasteiger partial charge is 0.493 e. The summed E-state index contributed by atoms with van der Waals surface area (Å²) in [5, 5.41) is 8.88. The van der Waals surface area contributed by atoms with Crippen molar-refractivity contribution in [1.82, 2.24) is 4.31 Å². The van der Waals surface area contributed by atoms with Gasteiger partial charge in [-0.05, 0) is 41.3 Å². The second kappa shape index (κ2) is 9.15. The number of ether oxygens (including phenoxy) is 2. The van der Waals surface area contributed by atoms with E-state index in [1.165, 1.54) is 36.7 Å². The SMILES string of the molecule is COc1cc(/C=C/C(=O)O)cc(S(=O)(=O)N2CC=C(c3ccccc3)CC2)c1OC. The molecule has 2 aromatic carbocycles. The number of carbonyl (C=O) groups is 1. The molecule has 0 amide bonds. The van der Waals surface area contributed by atoms with Crippen molar-refractivity contribution in [3.8, 4) is 11.5 Å². The minimum atomic E-state index is -3.90. The van der Waals surface area contributed by atoms with Gasteiger partial charge in [-0.15, -0.1) is 0 Å². The van der Waals surface area contributed by atoms with Gasteiger partial charge in [0.2, 0.25) is 10.0 Å². The lowest BCUT2D eigenvalue weighted by Crippen LogP contribution is -2.35. The fourth-order valence-electron chi connectivity index (χ4n) is 3.33. The topological polar surface area (TPSA) is 93.1 Å². The van der Waals surface area contributed by atoms with Gasteiger partial charge in [-0.2, -0.15) is 4.31 Å². The van der Waals surface area contributed by atoms with Gasteiger partial charge in [-0.1, -0.05) is 36.4 Å². The molecule has 0 spiro atoms. The van der Waals surface area contributed by atoms with Crippen LogP contribution in [0.25, 0.3) is 11.6 Å². The predicted molar refractivity (Wildman–Crippen MR) is 114 cm³/mol. The summed E-state index contributed by atoms with van der Waals surface area (Å²) in [7, 11) is -1.14. The molecule has 0 saturated carbocycles. The van der Waals surface area contributed by atoms with Crippen molar-refractivity contribution in [1.29, 1.82) is 0 Å². The van der Waals surface area contributed by atoms with Gasteiger partial charge in [0.05, 0.1) is 14.2 Å². The molecule has 0 fully saturated rings. The Hall–Kier alpha value is -3.10. The molecule has 0 radical (unpaired) electrons. The number of hydrogen-bond acceptors (Lipinski definition) is 5. The monoisotopic (exact) mass is 429 g/mol. The number of hydrogen-bond donors (Lipinski definition) is 1. The molecule has 1 aliphatic rings. The Kier molecular flexibility index (Phi) is 6.59. The van der Waals surface area contributed by atoms with E-state index in [1.807, 2.05) is 36.4 Å². The highest BCUT2D eigenvalue weighted by Gasteiger charge is 2.31. The fraction of sp³-hybridized carbons (Fsp3) is 0.227. The molecule has 1 N–H and O–H groups in total. The minimum Gasteiger partial charge on any atom is -0.493 e. The molecule has 1 aliphatic heterocycles. The summed E-state index contributed by atoms with van der Waals surface area (Å²) in [6.45, 7) is 0.553. The van der Waals surface area contributed by atoms with Gasteiger partial charge in [-0.3, -0.25) is 0 Å². The number of carboxylic acid groups (broad SMARTS) is 1. The number of methoxy groups -OCH3 is 2. The Bertz CT molecular complexity index is 1090. The number of aliphatic carboxylic acids is 1. The third-order valence-corrected chi connectivity index (χ3v) is 6.69. The van der Waals surface area contributed by atoms with Crippen LogP contribution in [0.3, 0.4) is 0 Å². The molecular weight excluding hydrogens is 406 g/mol. The molecule has 0 aliphatic carbocycles. The van der Waals surface area contributed by atoms with Crippen molar-refractivity contribution in [3.63, 3.8) is 0 Å². The maximum absolute atomic E-state index is 13.4. The molecule has 7 nitrogen and oxygen atoms in total. The average Bonchev–Trinajstić information content (AvgIpc) is 2.77. The molecule has 0 bridgehead atoms. The van der Waals surface area contributed by atoms with Crippen LogP contribution in [0.2, 0.25) is 0 Å². The zero-order valence-electron chi connectivity index (χ0n) is 16.7. The third kappa shape index (κ3) is 4.55. The van der Waals surface area contributed by atoms with E-state index in [0.717, 1.165) is 17.2 Å². The lowest BCUT2D eigenvalue weighted by Gasteiger charge is -2.27. The van der Waals surface area contributed by atoms with Crippen LogP contribution in [0.1, 0.15) is 17.5 Å². The number of rotatable bonds is 7. The lowest BCUT2D eigenvalue weighted by molar-refractivity contribution is -0.131. The summed E-state index contributed by atoms with van der Waals surface area (Å²) >= 11 is 0. The quantitative estimate of drug-likeness (QED) is 0.679. The van der Waals surface area contributed by atoms with E-state index in [-0.39, 0.29) is 22.9 Å². The maximum Gasteiger partial charge on any atom is 0.328 e. The summed E-state index contributed by atoms with van der Waals surface area (Å²) in [5.74, 6) is -0.840. The lowest BCUT2D eigenvalue weighted by atomic mass is 10.0. The van der Waals surface area contributed by atoms with Crippen LogP contribution in [0.5, 0.6) is 11.5 Å². The van der Waals surface area contributed by atoms with Crippen molar-refractivity contribution < 1.29 is 27.8 Å². The van der Waals surface area contributed by atoms with Gasteiger partial charge >= 0.3 is 5.97 Å². The zero-order chi connectivity index (χ0) is 21.7. The third-order valence-electron chi connectivity index (χ3n) is 4.82. The fourth-order valence-corrected chi connectivity index (χ4v) is 4.91. The van der Waals surface area contributed by atoms with Crippen LogP contribution < -0.4 is 9.47 Å². The van der Waals surface area contributed by atoms with Gasteiger partial charge in [0.1, 0.15) is 4.90 Å². The molecule has 0 unspecified atom stereocenters. The van der Waals surface area contributed by atoms with E-state index in [9.17, 15) is 13.2 Å². The number of benzene rings is 2. The molecule has 158 valence electrons. The highest BCUT2D eigenvalue weighted by atomic mass is 32.2. The second-order valence-corrected chi connectivity index (χ2v) is 8.54. The molecule has 0 aromatic heterocycles. The first-order valence-corrected chi connectivity index (χ1v) is 10.7. The molecule has 3 rings (SSSR count). The molecule has 2 aromatic rings. The molecule has 0 saturated heterocycles. The van der Waals surface area contributed by atoms with E-state index in [2.05, 4.69) is 0 Å². The van der Waals surface area contributed by atoms with Gasteiger partial charge < -0.3 is 14.6 Å². The first-order chi connectivity index (χ1) is 14.4. The number of sulfonamides is 1. The van der Waals surface area contributed by atoms with E-state index in [4.69, 9.17) is 14.6 Å². The first kappa shape index (κ1) is 21.6. The Morgan fingerprint density at radius 1 is 1.13 bits per heavy atom. The average molecular weight is 429 g/mol. The minimum absolute atomic E-state index is 0.0639. The summed E-state index contributed by atoms with van der Waals surface area (Å²) in [5.41, 5.74) is 2.56. The second-order valence-electron chi connectivity index (χ2n) is 6.63. The summed E-state index contributed by atoms with van der Waals surface area (Å²) < 4.78 is 38.8. The van der Waals surface area contributed by atoms with Crippen molar-refractivity contribution in [3.05, 3.63) is 65.7 Å². The zero-order valence-corrected chi connectivity index (χ0v) is 17.6. The van der Waals surface area contributed by atoms with Crippen LogP contribution in [0, 0.1) is 0 Å². The highest BCUT2D eigenvalue weighted by molar-refractivity contribution is 7.89. The van der Waals surface area contributed by atoms with E-state index >= 15 is 0 Å². The van der Waals surface area contributed by atoms with Crippen LogP contribution in [0.15, 0.2) is 59.5 Å². The standard InChI is InChI=1S/C22H23NO6S/c1-28-19-14-16(8-9-21(24)25)15-20(22(19)29-2)30(26,27)23-12-10-18(11-13-23)17-6-4-3-5-7-17/h3-10,14-15H,11-13H2,1-2H3,(H,24,25)/b9-8+. The van der Waals surface area contributed by atoms with Crippen molar-refractivity contribution in [2.75, 3.05) is 27.3 Å². The summed E-state index contributed by atoms with van der Waals surface area (Å²) in [6.07, 6.45) is 4.75. The van der Waals surface area contributed by atoms with Crippen molar-refractivity contribution in [2.45, 2.75) is 11.3 Å². The predicted octanol–water partition coefficient (Wildman–Crippen LogP) is 3.28. The summed E-state index contributed by atoms with van der Waals surface area (Å²) in [4.78, 5) is 10.8. The van der Waals surface area contributed by atoms with Crippen LogP contribution in [-0.4, -0.2) is 51.1 Å². The van der Waals surface area contributed by atoms with Gasteiger partial charge in [-0.25, -0.2) is 13.2 Å². The highest BCUT2D eigenvalue weighted by Crippen LogP contribution is 2.38. The van der Waals surface area contributed by atoms with Crippen LogP contribution in [0.4, 0.5) is 0 Å². The Morgan fingerprint density at radius 3 is 2.43 bits per heavy atom. The number of nitrogens with zero attached hydrogens (tertiary/aromatic N) is 1. The molecule has 30 heavy (non-hydrogen) atoms. The van der Waals surface area contributed by atoms with E-state index in [1.54, 1.807) is 0 Å². The Morgan fingerprint density at radius 2 is 1.87 bits per heavy atom. The molecular formula is C22H23NO6S. The molecule has 0 atom stereocenters. The molecule has 1 heterocycles. The first-order valence-electron chi connectivity index (χ1n) is 9.28. The Balaban J connectivity index is 1.98. The smallest absolute Gasteiger partial charge is 0.328 e. The number of carboxylic acids is 1. The van der Waals surface area contributed by atoms with Crippen LogP contribution in [-0.2, 0) is 14.8 Å². The maximum atomic E-state index is 13.4. The van der Waals surface area contributed by atoms with Crippen molar-refractivity contribution in [2.24, 2.45) is 0 Å². The van der Waals surface area contributed by atoms with E-state index < -0.39 is 16.0 Å². The van der Waals surface area contributed by atoms with E-state index in [0.29, 0.717) is 18.5 Å². The van der Waals surface area contributed by atoms with Crippen LogP contribution >= 0.6 is 0 Å². The van der Waals surface area contributed by atoms with Gasteiger partial charge in [0.15, 0.2) is 11.5 Å². The normalized spacial score (nSPS) is 15.1. The van der Waals surface area contributed by atoms with Gasteiger partial charge in [0, 0.05) is 19.2 Å².